The topological polar surface area (TPSA) is 147 Å². The Morgan fingerprint density at radius 1 is 0.974 bits per heavy atom. The molecule has 9 nitrogen and oxygen atoms in total. The summed E-state index contributed by atoms with van der Waals surface area (Å²) >= 11 is 0. The van der Waals surface area contributed by atoms with Crippen molar-refractivity contribution in [3.8, 4) is 0 Å². The van der Waals surface area contributed by atoms with Gasteiger partial charge < -0.3 is 5.32 Å². The Labute approximate surface area is 251 Å². The molecule has 215 valence electrons. The van der Waals surface area contributed by atoms with Crippen LogP contribution >= 0.6 is 0 Å². The van der Waals surface area contributed by atoms with Gasteiger partial charge in [-0.3, -0.25) is 13.9 Å². The monoisotopic (exact) mass is 586 g/mol. The molecule has 4 fully saturated rings. The van der Waals surface area contributed by atoms with Crippen LogP contribution < -0.4 is 5.32 Å². The summed E-state index contributed by atoms with van der Waals surface area (Å²) in [7, 11) is -8.49. The number of nitrogens with one attached hydrogen (secondary N) is 1. The van der Waals surface area contributed by atoms with Gasteiger partial charge in [-0.1, -0.05) is 20.8 Å². The van der Waals surface area contributed by atoms with Gasteiger partial charge in [0, 0.05) is 42.5 Å². The van der Waals surface area contributed by atoms with Gasteiger partial charge in [0.25, 0.3) is 10.1 Å². The molecular formula is C26H45NNaO8S2. The minimum absolute atomic E-state index is 0. The van der Waals surface area contributed by atoms with E-state index in [1.165, 1.54) is 32.1 Å². The predicted molar refractivity (Wildman–Crippen MR) is 145 cm³/mol. The van der Waals surface area contributed by atoms with Gasteiger partial charge >= 0.3 is 10.4 Å². The first-order chi connectivity index (χ1) is 17.1. The minimum atomic E-state index is -4.42. The molecule has 12 heteroatoms. The van der Waals surface area contributed by atoms with Crippen molar-refractivity contribution in [3.05, 3.63) is 0 Å². The maximum Gasteiger partial charge on any atom is 0.397 e. The van der Waals surface area contributed by atoms with Crippen molar-refractivity contribution in [2.24, 2.45) is 46.3 Å². The van der Waals surface area contributed by atoms with Gasteiger partial charge in [-0.2, -0.15) is 16.8 Å². The number of carbonyl (C=O) groups excluding carboxylic acids is 1. The number of hydrogen-bond donors (Lipinski definition) is 3. The molecular weight excluding hydrogens is 541 g/mol. The van der Waals surface area contributed by atoms with Crippen LogP contribution in [0.5, 0.6) is 0 Å². The van der Waals surface area contributed by atoms with Crippen LogP contribution in [0.15, 0.2) is 0 Å². The molecule has 0 bridgehead atoms. The molecule has 4 rings (SSSR count). The van der Waals surface area contributed by atoms with Gasteiger partial charge in [0.15, 0.2) is 0 Å². The molecule has 4 aliphatic carbocycles. The normalized spacial score (nSPS) is 39.7. The van der Waals surface area contributed by atoms with Crippen LogP contribution in [0.25, 0.3) is 0 Å². The van der Waals surface area contributed by atoms with Crippen LogP contribution in [-0.2, 0) is 29.5 Å². The van der Waals surface area contributed by atoms with Gasteiger partial charge in [0.2, 0.25) is 5.91 Å². The second-order valence-corrected chi connectivity index (χ2v) is 15.6. The zero-order valence-corrected chi connectivity index (χ0v) is 27.0. The van der Waals surface area contributed by atoms with Crippen molar-refractivity contribution in [2.45, 2.75) is 97.5 Å². The van der Waals surface area contributed by atoms with E-state index in [-0.39, 0.29) is 52.8 Å². The van der Waals surface area contributed by atoms with Crippen LogP contribution in [0.2, 0.25) is 0 Å². The Morgan fingerprint density at radius 2 is 1.63 bits per heavy atom. The molecule has 0 unspecified atom stereocenters. The number of rotatable bonds is 9. The molecule has 0 heterocycles. The standard InChI is InChI=1S/C26H45NO8S2.Na/c1-17(4-9-24(28)27-14-15-36(29,30)31)21-7-8-22-20-6-5-18-16-19(35-37(32,33)34)10-12-25(18,2)23(20)11-13-26(21,22)3;/h17-23H,4-16H2,1-3H3,(H,27,28)(H,29,30,31)(H,32,33,34);/t17-,18-,19-,20+,21-,22+,23+,25+,26-;/m1./s1. The summed E-state index contributed by atoms with van der Waals surface area (Å²) in [6, 6.07) is 0. The van der Waals surface area contributed by atoms with Gasteiger partial charge in [0.05, 0.1) is 11.9 Å². The third-order valence-corrected chi connectivity index (χ3v) is 12.4. The number of carbonyl (C=O) groups is 1. The predicted octanol–water partition coefficient (Wildman–Crippen LogP) is 3.87. The molecule has 1 amide bonds. The van der Waals surface area contributed by atoms with Crippen molar-refractivity contribution >= 4 is 56.0 Å². The van der Waals surface area contributed by atoms with Crippen LogP contribution in [0.3, 0.4) is 0 Å². The second-order valence-electron chi connectivity index (χ2n) is 13.0. The summed E-state index contributed by atoms with van der Waals surface area (Å²) in [4.78, 5) is 12.2. The quantitative estimate of drug-likeness (QED) is 0.273. The third-order valence-electron chi connectivity index (χ3n) is 11.1. The van der Waals surface area contributed by atoms with Crippen molar-refractivity contribution in [1.82, 2.24) is 5.32 Å². The summed E-state index contributed by atoms with van der Waals surface area (Å²) < 4.78 is 67.2. The average Bonchev–Trinajstić information content (AvgIpc) is 3.13. The minimum Gasteiger partial charge on any atom is -0.355 e. The Hall–Kier alpha value is 0.250. The summed E-state index contributed by atoms with van der Waals surface area (Å²) in [5.41, 5.74) is 0.448. The Bertz CT molecular complexity index is 1070. The van der Waals surface area contributed by atoms with E-state index in [1.54, 1.807) is 0 Å². The molecule has 3 N–H and O–H groups in total. The maximum absolute atomic E-state index is 12.2. The molecule has 0 aromatic rings. The van der Waals surface area contributed by atoms with Crippen LogP contribution in [-0.4, -0.2) is 79.8 Å². The van der Waals surface area contributed by atoms with Gasteiger partial charge in [0.1, 0.15) is 0 Å². The van der Waals surface area contributed by atoms with Crippen LogP contribution in [0.1, 0.15) is 91.4 Å². The van der Waals surface area contributed by atoms with Crippen molar-refractivity contribution in [3.63, 3.8) is 0 Å². The van der Waals surface area contributed by atoms with Crippen molar-refractivity contribution in [2.75, 3.05) is 12.3 Å². The molecule has 9 atom stereocenters. The second kappa shape index (κ2) is 12.2. The molecule has 4 aliphatic rings. The average molecular weight is 587 g/mol. The molecule has 38 heavy (non-hydrogen) atoms. The molecule has 4 saturated carbocycles. The number of hydrogen-bond acceptors (Lipinski definition) is 6. The summed E-state index contributed by atoms with van der Waals surface area (Å²) in [5, 5.41) is 2.60. The number of amides is 1. The molecule has 0 saturated heterocycles. The summed E-state index contributed by atoms with van der Waals surface area (Å²) in [6.07, 6.45) is 10.1. The fourth-order valence-electron chi connectivity index (χ4n) is 9.42. The van der Waals surface area contributed by atoms with Crippen molar-refractivity contribution in [1.29, 1.82) is 0 Å². The Balaban J connectivity index is 0.00000400. The van der Waals surface area contributed by atoms with Crippen LogP contribution in [0.4, 0.5) is 0 Å². The zero-order chi connectivity index (χ0) is 27.2. The first kappa shape index (κ1) is 32.8. The van der Waals surface area contributed by atoms with E-state index in [4.69, 9.17) is 13.3 Å². The largest absolute Gasteiger partial charge is 0.397 e. The fourth-order valence-corrected chi connectivity index (χ4v) is 10.3. The van der Waals surface area contributed by atoms with Gasteiger partial charge in [-0.15, -0.1) is 0 Å². The Morgan fingerprint density at radius 3 is 2.29 bits per heavy atom. The first-order valence-corrected chi connectivity index (χ1v) is 17.0. The Kier molecular flexibility index (Phi) is 10.5. The van der Waals surface area contributed by atoms with E-state index in [2.05, 4.69) is 26.1 Å². The van der Waals surface area contributed by atoms with Gasteiger partial charge in [-0.25, -0.2) is 4.18 Å². The van der Waals surface area contributed by atoms with E-state index in [1.807, 2.05) is 0 Å². The zero-order valence-electron chi connectivity index (χ0n) is 23.4. The SMILES string of the molecule is C[C@H](CCC(=O)NCCS(=O)(=O)O)[C@H]1CC[C@H]2[C@@H]3CC[C@@H]4C[C@H](OS(=O)(=O)O)CC[C@]4(C)[C@H]3CC[C@]12C.[Na]. The van der Waals surface area contributed by atoms with Crippen LogP contribution in [0, 0.1) is 46.3 Å². The molecule has 0 aromatic carbocycles. The maximum atomic E-state index is 12.2. The summed E-state index contributed by atoms with van der Waals surface area (Å²) in [6.45, 7) is 7.07. The molecule has 0 spiro atoms. The van der Waals surface area contributed by atoms with E-state index >= 15 is 0 Å². The van der Waals surface area contributed by atoms with Crippen molar-refractivity contribution < 1.29 is 34.9 Å². The van der Waals surface area contributed by atoms with E-state index in [0.29, 0.717) is 54.8 Å². The molecule has 0 aromatic heterocycles. The van der Waals surface area contributed by atoms with Gasteiger partial charge in [-0.05, 0) is 111 Å². The third kappa shape index (κ3) is 7.17. The summed E-state index contributed by atoms with van der Waals surface area (Å²) in [5.74, 6) is 2.75. The molecule has 0 aliphatic heterocycles. The number of fused-ring (bicyclic) bond motifs is 5. The van der Waals surface area contributed by atoms with E-state index in [0.717, 1.165) is 19.3 Å². The van der Waals surface area contributed by atoms with E-state index < -0.39 is 32.4 Å². The fraction of sp³-hybridized carbons (Fsp3) is 0.962. The smallest absolute Gasteiger partial charge is 0.355 e. The molecule has 1 radical (unpaired) electrons. The van der Waals surface area contributed by atoms with E-state index in [9.17, 15) is 21.6 Å². The first-order valence-electron chi connectivity index (χ1n) is 14.0.